The van der Waals surface area contributed by atoms with Crippen LogP contribution in [0.4, 0.5) is 16.2 Å². The van der Waals surface area contributed by atoms with Crippen LogP contribution in [0.25, 0.3) is 0 Å². The lowest BCUT2D eigenvalue weighted by Crippen LogP contribution is -2.32. The van der Waals surface area contributed by atoms with E-state index >= 15 is 0 Å². The van der Waals surface area contributed by atoms with Crippen molar-refractivity contribution in [2.24, 2.45) is 0 Å². The fourth-order valence-electron chi connectivity index (χ4n) is 2.99. The number of rotatable bonds is 6. The fraction of sp³-hybridized carbons (Fsp3) is 0.217. The largest absolute Gasteiger partial charge is 0.326 e. The Balaban J connectivity index is 1.72. The maximum absolute atomic E-state index is 12.6. The molecule has 6 heteroatoms. The molecule has 2 aromatic carbocycles. The lowest BCUT2D eigenvalue weighted by molar-refractivity contribution is -0.114. The van der Waals surface area contributed by atoms with Crippen molar-refractivity contribution in [3.05, 3.63) is 82.0 Å². The summed E-state index contributed by atoms with van der Waals surface area (Å²) in [4.78, 5) is 24.8. The van der Waals surface area contributed by atoms with Gasteiger partial charge in [0.05, 0.1) is 6.04 Å². The van der Waals surface area contributed by atoms with E-state index in [-0.39, 0.29) is 18.0 Å². The predicted molar refractivity (Wildman–Crippen MR) is 120 cm³/mol. The summed E-state index contributed by atoms with van der Waals surface area (Å²) in [5.41, 5.74) is 3.64. The Kier molecular flexibility index (Phi) is 6.67. The molecule has 0 radical (unpaired) electrons. The van der Waals surface area contributed by atoms with Crippen LogP contribution in [-0.4, -0.2) is 11.9 Å². The minimum absolute atomic E-state index is 0.134. The maximum Gasteiger partial charge on any atom is 0.320 e. The van der Waals surface area contributed by atoms with Crippen molar-refractivity contribution in [1.29, 1.82) is 0 Å². The highest BCUT2D eigenvalue weighted by molar-refractivity contribution is 7.10. The van der Waals surface area contributed by atoms with Gasteiger partial charge >= 0.3 is 6.03 Å². The fourth-order valence-corrected chi connectivity index (χ4v) is 3.79. The van der Waals surface area contributed by atoms with E-state index in [1.807, 2.05) is 17.5 Å². The second-order valence-corrected chi connectivity index (χ2v) is 8.11. The van der Waals surface area contributed by atoms with Crippen LogP contribution in [-0.2, 0) is 4.79 Å². The molecule has 0 saturated heterocycles. The van der Waals surface area contributed by atoms with Gasteiger partial charge in [-0.15, -0.1) is 11.3 Å². The van der Waals surface area contributed by atoms with Crippen molar-refractivity contribution >= 4 is 34.6 Å². The molecule has 0 aliphatic carbocycles. The van der Waals surface area contributed by atoms with E-state index in [1.54, 1.807) is 35.6 Å². The summed E-state index contributed by atoms with van der Waals surface area (Å²) >= 11 is 1.61. The summed E-state index contributed by atoms with van der Waals surface area (Å²) in [6, 6.07) is 18.9. The molecule has 1 aromatic heterocycles. The van der Waals surface area contributed by atoms with Gasteiger partial charge in [0.2, 0.25) is 5.91 Å². The molecular weight excluding hydrogens is 382 g/mol. The van der Waals surface area contributed by atoms with Gasteiger partial charge in [0.1, 0.15) is 0 Å². The molecule has 3 rings (SSSR count). The van der Waals surface area contributed by atoms with Gasteiger partial charge in [0, 0.05) is 23.2 Å². The first-order chi connectivity index (χ1) is 13.9. The smallest absolute Gasteiger partial charge is 0.320 e. The summed E-state index contributed by atoms with van der Waals surface area (Å²) in [6.45, 7) is 5.78. The molecule has 0 spiro atoms. The molecular formula is C23H25N3O2S. The number of carbonyl (C=O) groups is 2. The molecule has 0 bridgehead atoms. The van der Waals surface area contributed by atoms with E-state index in [9.17, 15) is 9.59 Å². The van der Waals surface area contributed by atoms with Gasteiger partial charge in [-0.05, 0) is 52.8 Å². The molecule has 150 valence electrons. The Morgan fingerprint density at radius 3 is 1.93 bits per heavy atom. The standard InChI is InChI=1S/C23H25N3O2S/c1-15(2)17-6-8-18(9-7-17)22(21-5-4-14-29-21)26-23(28)25-20-12-10-19(11-13-20)24-16(3)27/h4-15,22H,1-3H3,(H,24,27)(H2,25,26,28). The Bertz CT molecular complexity index is 949. The zero-order chi connectivity index (χ0) is 20.8. The van der Waals surface area contributed by atoms with Crippen molar-refractivity contribution in [2.75, 3.05) is 10.6 Å². The Morgan fingerprint density at radius 2 is 1.41 bits per heavy atom. The molecule has 1 atom stereocenters. The van der Waals surface area contributed by atoms with E-state index in [2.05, 4.69) is 54.1 Å². The van der Waals surface area contributed by atoms with Gasteiger partial charge in [-0.2, -0.15) is 0 Å². The molecule has 0 saturated carbocycles. The highest BCUT2D eigenvalue weighted by Crippen LogP contribution is 2.27. The SMILES string of the molecule is CC(=O)Nc1ccc(NC(=O)NC(c2ccc(C(C)C)cc2)c2cccs2)cc1. The van der Waals surface area contributed by atoms with Crippen LogP contribution in [0.15, 0.2) is 66.0 Å². The molecule has 1 heterocycles. The quantitative estimate of drug-likeness (QED) is 0.487. The van der Waals surface area contributed by atoms with Crippen LogP contribution in [0.3, 0.4) is 0 Å². The maximum atomic E-state index is 12.6. The lowest BCUT2D eigenvalue weighted by atomic mass is 9.98. The first kappa shape index (κ1) is 20.6. The highest BCUT2D eigenvalue weighted by Gasteiger charge is 2.18. The first-order valence-electron chi connectivity index (χ1n) is 9.51. The zero-order valence-corrected chi connectivity index (χ0v) is 17.5. The Labute approximate surface area is 175 Å². The summed E-state index contributed by atoms with van der Waals surface area (Å²) in [7, 11) is 0. The second-order valence-electron chi connectivity index (χ2n) is 7.13. The van der Waals surface area contributed by atoms with Crippen LogP contribution in [0.1, 0.15) is 48.7 Å². The molecule has 1 unspecified atom stereocenters. The normalized spacial score (nSPS) is 11.7. The average molecular weight is 408 g/mol. The first-order valence-corrected chi connectivity index (χ1v) is 10.4. The predicted octanol–water partition coefficient (Wildman–Crippen LogP) is 5.74. The van der Waals surface area contributed by atoms with E-state index in [0.29, 0.717) is 17.3 Å². The van der Waals surface area contributed by atoms with E-state index in [4.69, 9.17) is 0 Å². The molecule has 0 aliphatic rings. The number of hydrogen-bond donors (Lipinski definition) is 3. The van der Waals surface area contributed by atoms with E-state index in [1.165, 1.54) is 12.5 Å². The van der Waals surface area contributed by atoms with Crippen molar-refractivity contribution in [3.8, 4) is 0 Å². The van der Waals surface area contributed by atoms with Gasteiger partial charge in [-0.3, -0.25) is 4.79 Å². The topological polar surface area (TPSA) is 70.2 Å². The van der Waals surface area contributed by atoms with Crippen LogP contribution in [0.5, 0.6) is 0 Å². The summed E-state index contributed by atoms with van der Waals surface area (Å²) < 4.78 is 0. The number of amides is 3. The Hall–Kier alpha value is -3.12. The van der Waals surface area contributed by atoms with Crippen molar-refractivity contribution in [2.45, 2.75) is 32.7 Å². The number of thiophene rings is 1. The number of nitrogens with one attached hydrogen (secondary N) is 3. The van der Waals surface area contributed by atoms with Gasteiger partial charge in [0.15, 0.2) is 0 Å². The summed E-state index contributed by atoms with van der Waals surface area (Å²) in [6.07, 6.45) is 0. The molecule has 3 N–H and O–H groups in total. The number of urea groups is 1. The zero-order valence-electron chi connectivity index (χ0n) is 16.7. The van der Waals surface area contributed by atoms with Crippen molar-refractivity contribution in [3.63, 3.8) is 0 Å². The highest BCUT2D eigenvalue weighted by atomic mass is 32.1. The second kappa shape index (κ2) is 9.39. The third-order valence-electron chi connectivity index (χ3n) is 4.50. The number of anilines is 2. The summed E-state index contributed by atoms with van der Waals surface area (Å²) in [5, 5.41) is 10.6. The average Bonchev–Trinajstić information content (AvgIpc) is 3.22. The van der Waals surface area contributed by atoms with Crippen LogP contribution in [0, 0.1) is 0 Å². The number of carbonyl (C=O) groups excluding carboxylic acids is 2. The van der Waals surface area contributed by atoms with Crippen molar-refractivity contribution in [1.82, 2.24) is 5.32 Å². The van der Waals surface area contributed by atoms with Crippen LogP contribution in [0.2, 0.25) is 0 Å². The van der Waals surface area contributed by atoms with Crippen LogP contribution >= 0.6 is 11.3 Å². The Morgan fingerprint density at radius 1 is 0.828 bits per heavy atom. The van der Waals surface area contributed by atoms with Gasteiger partial charge in [0.25, 0.3) is 0 Å². The van der Waals surface area contributed by atoms with Gasteiger partial charge < -0.3 is 16.0 Å². The minimum atomic E-state index is -0.288. The molecule has 29 heavy (non-hydrogen) atoms. The van der Waals surface area contributed by atoms with E-state index in [0.717, 1.165) is 10.4 Å². The number of hydrogen-bond acceptors (Lipinski definition) is 3. The molecule has 0 aliphatic heterocycles. The lowest BCUT2D eigenvalue weighted by Gasteiger charge is -2.19. The van der Waals surface area contributed by atoms with Gasteiger partial charge in [-0.1, -0.05) is 44.2 Å². The monoisotopic (exact) mass is 407 g/mol. The molecule has 3 aromatic rings. The number of benzene rings is 2. The van der Waals surface area contributed by atoms with Gasteiger partial charge in [-0.25, -0.2) is 4.79 Å². The molecule has 3 amide bonds. The van der Waals surface area contributed by atoms with E-state index < -0.39 is 0 Å². The minimum Gasteiger partial charge on any atom is -0.326 e. The van der Waals surface area contributed by atoms with Crippen molar-refractivity contribution < 1.29 is 9.59 Å². The third kappa shape index (κ3) is 5.68. The molecule has 0 fully saturated rings. The summed E-state index contributed by atoms with van der Waals surface area (Å²) in [5.74, 6) is 0.326. The molecule has 5 nitrogen and oxygen atoms in total. The third-order valence-corrected chi connectivity index (χ3v) is 5.44. The van der Waals surface area contributed by atoms with Crippen LogP contribution < -0.4 is 16.0 Å².